The molecule has 1 unspecified atom stereocenters. The fourth-order valence-corrected chi connectivity index (χ4v) is 0.562. The van der Waals surface area contributed by atoms with Crippen LogP contribution in [0.1, 0.15) is 13.3 Å². The minimum absolute atomic E-state index is 0.0724. The molecule has 0 aliphatic heterocycles. The predicted molar refractivity (Wildman–Crippen MR) is 37.5 cm³/mol. The molecule has 0 radical (unpaired) electrons. The summed E-state index contributed by atoms with van der Waals surface area (Å²) in [7, 11) is 1.23. The maximum absolute atomic E-state index is 10.7. The van der Waals surface area contributed by atoms with Gasteiger partial charge in [0, 0.05) is 0 Å². The molecule has 0 saturated carbocycles. The van der Waals surface area contributed by atoms with Gasteiger partial charge in [0.15, 0.2) is 0 Å². The summed E-state index contributed by atoms with van der Waals surface area (Å²) in [5.74, 6) is -1.86. The topological polar surface area (TPSA) is 76.4 Å². The standard InChI is InChI=1S/C7H9NO4/c1-5(3-6(9)11-2)7(10)12-4-8/h5H,3H2,1-2H3. The van der Waals surface area contributed by atoms with Gasteiger partial charge in [-0.3, -0.25) is 9.59 Å². The lowest BCUT2D eigenvalue weighted by molar-refractivity contribution is -0.149. The Morgan fingerprint density at radius 2 is 2.17 bits per heavy atom. The van der Waals surface area contributed by atoms with Crippen LogP contribution in [0.5, 0.6) is 0 Å². The van der Waals surface area contributed by atoms with Crippen molar-refractivity contribution in [2.75, 3.05) is 7.11 Å². The highest BCUT2D eigenvalue weighted by atomic mass is 16.5. The first kappa shape index (κ1) is 10.4. The monoisotopic (exact) mass is 171 g/mol. The summed E-state index contributed by atoms with van der Waals surface area (Å²) in [6, 6.07) is 0. The maximum atomic E-state index is 10.7. The molecule has 0 aromatic rings. The normalized spacial score (nSPS) is 11.1. The van der Waals surface area contributed by atoms with Crippen LogP contribution in [0.3, 0.4) is 0 Å². The van der Waals surface area contributed by atoms with Gasteiger partial charge >= 0.3 is 11.9 Å². The molecule has 0 saturated heterocycles. The largest absolute Gasteiger partial charge is 0.469 e. The van der Waals surface area contributed by atoms with Crippen molar-refractivity contribution in [3.8, 4) is 6.26 Å². The second kappa shape index (κ2) is 5.13. The van der Waals surface area contributed by atoms with Crippen LogP contribution in [0, 0.1) is 17.4 Å². The Morgan fingerprint density at radius 1 is 1.58 bits per heavy atom. The molecule has 0 aromatic heterocycles. The number of esters is 2. The molecule has 0 aromatic carbocycles. The zero-order valence-electron chi connectivity index (χ0n) is 6.86. The highest BCUT2D eigenvalue weighted by Crippen LogP contribution is 2.04. The zero-order valence-corrected chi connectivity index (χ0v) is 6.86. The van der Waals surface area contributed by atoms with Crippen LogP contribution in [-0.2, 0) is 19.1 Å². The molecular formula is C7H9NO4. The van der Waals surface area contributed by atoms with Gasteiger partial charge in [-0.05, 0) is 0 Å². The molecular weight excluding hydrogens is 162 g/mol. The Hall–Kier alpha value is -1.57. The van der Waals surface area contributed by atoms with Crippen molar-refractivity contribution in [2.24, 2.45) is 5.92 Å². The van der Waals surface area contributed by atoms with Gasteiger partial charge in [0.1, 0.15) is 0 Å². The number of carbonyl (C=O) groups is 2. The van der Waals surface area contributed by atoms with E-state index in [9.17, 15) is 9.59 Å². The summed E-state index contributed by atoms with van der Waals surface area (Å²) in [6.07, 6.45) is 1.17. The summed E-state index contributed by atoms with van der Waals surface area (Å²) in [6.45, 7) is 1.48. The quantitative estimate of drug-likeness (QED) is 0.448. The van der Waals surface area contributed by atoms with Crippen LogP contribution >= 0.6 is 0 Å². The SMILES string of the molecule is COC(=O)CC(C)C(=O)OC#N. The van der Waals surface area contributed by atoms with Crippen molar-refractivity contribution in [1.82, 2.24) is 0 Å². The average Bonchev–Trinajstić information content (AvgIpc) is 2.04. The Morgan fingerprint density at radius 3 is 2.58 bits per heavy atom. The summed E-state index contributed by atoms with van der Waals surface area (Å²) in [4.78, 5) is 21.4. The van der Waals surface area contributed by atoms with E-state index in [1.165, 1.54) is 20.3 Å². The van der Waals surface area contributed by atoms with Gasteiger partial charge in [-0.25, -0.2) is 0 Å². The first-order valence-corrected chi connectivity index (χ1v) is 3.28. The summed E-state index contributed by atoms with van der Waals surface area (Å²) >= 11 is 0. The van der Waals surface area contributed by atoms with Crippen LogP contribution < -0.4 is 0 Å². The van der Waals surface area contributed by atoms with Crippen LogP contribution in [0.4, 0.5) is 0 Å². The van der Waals surface area contributed by atoms with Crippen molar-refractivity contribution in [2.45, 2.75) is 13.3 Å². The molecule has 1 atom stereocenters. The third kappa shape index (κ3) is 3.56. The lowest BCUT2D eigenvalue weighted by Crippen LogP contribution is -2.17. The van der Waals surface area contributed by atoms with E-state index in [0.29, 0.717) is 0 Å². The second-order valence-electron chi connectivity index (χ2n) is 2.19. The molecule has 0 aliphatic carbocycles. The van der Waals surface area contributed by atoms with Crippen LogP contribution in [0.15, 0.2) is 0 Å². The zero-order chi connectivity index (χ0) is 9.56. The summed E-state index contributed by atoms with van der Waals surface area (Å²) < 4.78 is 8.33. The molecule has 12 heavy (non-hydrogen) atoms. The van der Waals surface area contributed by atoms with Gasteiger partial charge < -0.3 is 9.47 Å². The van der Waals surface area contributed by atoms with E-state index < -0.39 is 17.9 Å². The van der Waals surface area contributed by atoms with Crippen LogP contribution in [0.25, 0.3) is 0 Å². The minimum atomic E-state index is -0.720. The fraction of sp³-hybridized carbons (Fsp3) is 0.571. The summed E-state index contributed by atoms with van der Waals surface area (Å²) in [5, 5.41) is 7.97. The van der Waals surface area contributed by atoms with Gasteiger partial charge in [-0.1, -0.05) is 6.92 Å². The van der Waals surface area contributed by atoms with E-state index in [1.54, 1.807) is 0 Å². The first-order chi connectivity index (χ1) is 5.61. The van der Waals surface area contributed by atoms with E-state index >= 15 is 0 Å². The van der Waals surface area contributed by atoms with Crippen molar-refractivity contribution >= 4 is 11.9 Å². The molecule has 0 aliphatic rings. The number of nitriles is 1. The van der Waals surface area contributed by atoms with Gasteiger partial charge in [0.25, 0.3) is 6.26 Å². The third-order valence-corrected chi connectivity index (χ3v) is 1.25. The molecule has 0 N–H and O–H groups in total. The Kier molecular flexibility index (Phi) is 4.46. The molecule has 0 rings (SSSR count). The van der Waals surface area contributed by atoms with Crippen molar-refractivity contribution in [1.29, 1.82) is 5.26 Å². The first-order valence-electron chi connectivity index (χ1n) is 3.28. The number of methoxy groups -OCH3 is 1. The lowest BCUT2D eigenvalue weighted by Gasteiger charge is -2.04. The molecule has 5 nitrogen and oxygen atoms in total. The van der Waals surface area contributed by atoms with Crippen molar-refractivity contribution in [3.63, 3.8) is 0 Å². The third-order valence-electron chi connectivity index (χ3n) is 1.25. The van der Waals surface area contributed by atoms with Crippen LogP contribution in [0.2, 0.25) is 0 Å². The molecule has 0 heterocycles. The Labute approximate surface area is 69.9 Å². The predicted octanol–water partition coefficient (Wildman–Crippen LogP) is 0.210. The van der Waals surface area contributed by atoms with E-state index in [1.807, 2.05) is 0 Å². The summed E-state index contributed by atoms with van der Waals surface area (Å²) in [5.41, 5.74) is 0. The number of carbonyl (C=O) groups excluding carboxylic acids is 2. The molecule has 66 valence electrons. The Bertz CT molecular complexity index is 218. The lowest BCUT2D eigenvalue weighted by atomic mass is 10.1. The van der Waals surface area contributed by atoms with Crippen molar-refractivity contribution in [3.05, 3.63) is 0 Å². The smallest absolute Gasteiger partial charge is 0.325 e. The highest BCUT2D eigenvalue weighted by molar-refractivity contribution is 5.79. The van der Waals surface area contributed by atoms with Crippen LogP contribution in [-0.4, -0.2) is 19.0 Å². The highest BCUT2D eigenvalue weighted by Gasteiger charge is 2.18. The second-order valence-corrected chi connectivity index (χ2v) is 2.19. The number of hydrogen-bond acceptors (Lipinski definition) is 5. The molecule has 5 heteroatoms. The molecule has 0 spiro atoms. The molecule has 0 bridgehead atoms. The van der Waals surface area contributed by atoms with Crippen molar-refractivity contribution < 1.29 is 19.1 Å². The Balaban J connectivity index is 3.88. The van der Waals surface area contributed by atoms with E-state index in [2.05, 4.69) is 9.47 Å². The fourth-order valence-electron chi connectivity index (χ4n) is 0.562. The van der Waals surface area contributed by atoms with Gasteiger partial charge in [0.2, 0.25) is 0 Å². The number of nitrogens with zero attached hydrogens (tertiary/aromatic N) is 1. The molecule has 0 fully saturated rings. The maximum Gasteiger partial charge on any atom is 0.325 e. The number of rotatable bonds is 3. The van der Waals surface area contributed by atoms with Gasteiger partial charge in [0.05, 0.1) is 19.4 Å². The minimum Gasteiger partial charge on any atom is -0.469 e. The average molecular weight is 171 g/mol. The van der Waals surface area contributed by atoms with E-state index in [-0.39, 0.29) is 6.42 Å². The van der Waals surface area contributed by atoms with E-state index in [4.69, 9.17) is 5.26 Å². The van der Waals surface area contributed by atoms with Gasteiger partial charge in [-0.15, -0.1) is 5.26 Å². The number of hydrogen-bond donors (Lipinski definition) is 0. The number of ether oxygens (including phenoxy) is 2. The van der Waals surface area contributed by atoms with Gasteiger partial charge in [-0.2, -0.15) is 0 Å². The molecule has 0 amide bonds. The van der Waals surface area contributed by atoms with E-state index in [0.717, 1.165) is 0 Å².